The lowest BCUT2D eigenvalue weighted by atomic mass is 9.93. The van der Waals surface area contributed by atoms with E-state index < -0.39 is 0 Å². The van der Waals surface area contributed by atoms with Crippen LogP contribution in [0.3, 0.4) is 0 Å². The maximum atomic E-state index is 5.94. The fourth-order valence-corrected chi connectivity index (χ4v) is 2.39. The predicted molar refractivity (Wildman–Crippen MR) is 77.3 cm³/mol. The summed E-state index contributed by atoms with van der Waals surface area (Å²) in [7, 11) is 0. The van der Waals surface area contributed by atoms with E-state index in [1.165, 1.54) is 12.1 Å². The number of hydrogen-bond acceptors (Lipinski definition) is 3. The van der Waals surface area contributed by atoms with Gasteiger partial charge >= 0.3 is 0 Å². The zero-order valence-electron chi connectivity index (χ0n) is 11.7. The van der Waals surface area contributed by atoms with Gasteiger partial charge in [-0.25, -0.2) is 0 Å². The van der Waals surface area contributed by atoms with Crippen molar-refractivity contribution in [2.75, 3.05) is 30.3 Å². The van der Waals surface area contributed by atoms with Crippen molar-refractivity contribution in [2.45, 2.75) is 33.6 Å². The molecule has 1 saturated heterocycles. The highest BCUT2D eigenvalue weighted by molar-refractivity contribution is 5.62. The normalized spacial score (nSPS) is 18.1. The molecule has 1 aromatic carbocycles. The summed E-state index contributed by atoms with van der Waals surface area (Å²) in [5.74, 6) is 0.819. The molecule has 3 heteroatoms. The van der Waals surface area contributed by atoms with Gasteiger partial charge in [0.25, 0.3) is 0 Å². The van der Waals surface area contributed by atoms with Crippen LogP contribution in [0.1, 0.15) is 33.6 Å². The van der Waals surface area contributed by atoms with Crippen molar-refractivity contribution in [3.63, 3.8) is 0 Å². The number of anilines is 2. The van der Waals surface area contributed by atoms with Gasteiger partial charge in [-0.2, -0.15) is 0 Å². The first-order valence-electron chi connectivity index (χ1n) is 6.79. The van der Waals surface area contributed by atoms with Crippen LogP contribution in [-0.4, -0.2) is 19.7 Å². The van der Waals surface area contributed by atoms with E-state index in [4.69, 9.17) is 10.5 Å². The summed E-state index contributed by atoms with van der Waals surface area (Å²) in [6, 6.07) is 6.12. The highest BCUT2D eigenvalue weighted by Crippen LogP contribution is 2.35. The lowest BCUT2D eigenvalue weighted by molar-refractivity contribution is 0.319. The third-order valence-corrected chi connectivity index (χ3v) is 3.50. The van der Waals surface area contributed by atoms with Gasteiger partial charge in [0.05, 0.1) is 12.3 Å². The van der Waals surface area contributed by atoms with Crippen LogP contribution < -0.4 is 15.4 Å². The molecule has 0 saturated carbocycles. The second-order valence-electron chi connectivity index (χ2n) is 5.91. The molecule has 0 radical (unpaired) electrons. The molecule has 1 heterocycles. The summed E-state index contributed by atoms with van der Waals surface area (Å²) in [5, 5.41) is 0. The molecule has 100 valence electrons. The van der Waals surface area contributed by atoms with Crippen molar-refractivity contribution in [3.05, 3.63) is 18.2 Å². The van der Waals surface area contributed by atoms with E-state index in [1.807, 2.05) is 6.07 Å². The molecule has 2 rings (SSSR count). The third kappa shape index (κ3) is 2.89. The Morgan fingerprint density at radius 3 is 2.78 bits per heavy atom. The van der Waals surface area contributed by atoms with Gasteiger partial charge in [0, 0.05) is 24.8 Å². The average Bonchev–Trinajstić information content (AvgIpc) is 2.69. The topological polar surface area (TPSA) is 38.5 Å². The van der Waals surface area contributed by atoms with Crippen molar-refractivity contribution in [2.24, 2.45) is 5.41 Å². The fourth-order valence-electron chi connectivity index (χ4n) is 2.39. The number of nitrogens with two attached hydrogens (primary N) is 1. The van der Waals surface area contributed by atoms with Crippen LogP contribution in [0.2, 0.25) is 0 Å². The minimum absolute atomic E-state index is 0.409. The first kappa shape index (κ1) is 13.1. The van der Waals surface area contributed by atoms with Crippen LogP contribution in [0.25, 0.3) is 0 Å². The Bertz CT molecular complexity index is 415. The van der Waals surface area contributed by atoms with Crippen molar-refractivity contribution in [1.82, 2.24) is 0 Å². The van der Waals surface area contributed by atoms with E-state index in [0.717, 1.165) is 37.6 Å². The van der Waals surface area contributed by atoms with Crippen LogP contribution in [0.15, 0.2) is 18.2 Å². The quantitative estimate of drug-likeness (QED) is 0.831. The molecule has 1 aromatic rings. The van der Waals surface area contributed by atoms with Crippen LogP contribution in [-0.2, 0) is 0 Å². The van der Waals surface area contributed by atoms with Gasteiger partial charge in [0.15, 0.2) is 0 Å². The molecular formula is C15H24N2O. The van der Waals surface area contributed by atoms with Crippen molar-refractivity contribution < 1.29 is 4.74 Å². The summed E-state index contributed by atoms with van der Waals surface area (Å²) in [4.78, 5) is 2.41. The monoisotopic (exact) mass is 248 g/mol. The van der Waals surface area contributed by atoms with E-state index in [2.05, 4.69) is 37.8 Å². The molecule has 2 N–H and O–H groups in total. The minimum Gasteiger partial charge on any atom is -0.491 e. The maximum Gasteiger partial charge on any atom is 0.144 e. The van der Waals surface area contributed by atoms with E-state index in [9.17, 15) is 0 Å². The first-order valence-corrected chi connectivity index (χ1v) is 6.79. The Hall–Kier alpha value is -1.38. The molecule has 0 amide bonds. The second-order valence-corrected chi connectivity index (χ2v) is 5.91. The lowest BCUT2D eigenvalue weighted by Crippen LogP contribution is -2.22. The summed E-state index contributed by atoms with van der Waals surface area (Å²) in [6.07, 6.45) is 2.24. The number of ether oxygens (including phenoxy) is 1. The molecule has 1 aliphatic rings. The molecule has 18 heavy (non-hydrogen) atoms. The van der Waals surface area contributed by atoms with Gasteiger partial charge in [0.1, 0.15) is 5.75 Å². The van der Waals surface area contributed by atoms with E-state index in [1.54, 1.807) is 0 Å². The standard InChI is InChI=1S/C15H24N2O/c1-4-9-18-14-10-12(5-6-13(14)16)17-8-7-15(2,3)11-17/h5-6,10H,4,7-9,11,16H2,1-3H3. The Morgan fingerprint density at radius 1 is 1.39 bits per heavy atom. The smallest absolute Gasteiger partial charge is 0.144 e. The Labute approximate surface area is 110 Å². The summed E-state index contributed by atoms with van der Waals surface area (Å²) in [6.45, 7) is 9.67. The number of rotatable bonds is 4. The Balaban J connectivity index is 2.14. The zero-order chi connectivity index (χ0) is 13.2. The maximum absolute atomic E-state index is 5.94. The minimum atomic E-state index is 0.409. The fraction of sp³-hybridized carbons (Fsp3) is 0.600. The van der Waals surface area contributed by atoms with Gasteiger partial charge in [0.2, 0.25) is 0 Å². The van der Waals surface area contributed by atoms with Crippen molar-refractivity contribution in [1.29, 1.82) is 0 Å². The van der Waals surface area contributed by atoms with Crippen molar-refractivity contribution >= 4 is 11.4 Å². The predicted octanol–water partition coefficient (Wildman–Crippen LogP) is 3.29. The number of hydrogen-bond donors (Lipinski definition) is 1. The van der Waals surface area contributed by atoms with Gasteiger partial charge in [-0.3, -0.25) is 0 Å². The second kappa shape index (κ2) is 5.09. The summed E-state index contributed by atoms with van der Waals surface area (Å²) >= 11 is 0. The van der Waals surface area contributed by atoms with Crippen LogP contribution >= 0.6 is 0 Å². The molecule has 0 unspecified atom stereocenters. The average molecular weight is 248 g/mol. The molecule has 0 spiro atoms. The Kier molecular flexibility index (Phi) is 3.69. The lowest BCUT2D eigenvalue weighted by Gasteiger charge is -2.22. The van der Waals surface area contributed by atoms with Gasteiger partial charge < -0.3 is 15.4 Å². The highest BCUT2D eigenvalue weighted by Gasteiger charge is 2.29. The SMILES string of the molecule is CCCOc1cc(N2CCC(C)(C)C2)ccc1N. The molecular weight excluding hydrogens is 224 g/mol. The van der Waals surface area contributed by atoms with Crippen molar-refractivity contribution in [3.8, 4) is 5.75 Å². The van der Waals surface area contributed by atoms with Crippen LogP contribution in [0, 0.1) is 5.41 Å². The third-order valence-electron chi connectivity index (χ3n) is 3.50. The number of benzene rings is 1. The Morgan fingerprint density at radius 2 is 2.17 bits per heavy atom. The molecule has 1 aliphatic heterocycles. The molecule has 0 aliphatic carbocycles. The largest absolute Gasteiger partial charge is 0.491 e. The van der Waals surface area contributed by atoms with Gasteiger partial charge in [-0.05, 0) is 30.4 Å². The number of nitrogens with zero attached hydrogens (tertiary/aromatic N) is 1. The molecule has 0 aromatic heterocycles. The molecule has 0 bridgehead atoms. The zero-order valence-corrected chi connectivity index (χ0v) is 11.7. The van der Waals surface area contributed by atoms with E-state index in [0.29, 0.717) is 5.41 Å². The first-order chi connectivity index (χ1) is 8.52. The number of nitrogen functional groups attached to an aromatic ring is 1. The molecule has 3 nitrogen and oxygen atoms in total. The van der Waals surface area contributed by atoms with Crippen LogP contribution in [0.5, 0.6) is 5.75 Å². The summed E-state index contributed by atoms with van der Waals surface area (Å²) in [5.41, 5.74) is 8.30. The summed E-state index contributed by atoms with van der Waals surface area (Å²) < 4.78 is 5.69. The van der Waals surface area contributed by atoms with Gasteiger partial charge in [-0.15, -0.1) is 0 Å². The van der Waals surface area contributed by atoms with E-state index >= 15 is 0 Å². The highest BCUT2D eigenvalue weighted by atomic mass is 16.5. The van der Waals surface area contributed by atoms with Crippen LogP contribution in [0.4, 0.5) is 11.4 Å². The van der Waals surface area contributed by atoms with E-state index in [-0.39, 0.29) is 0 Å². The molecule has 0 atom stereocenters. The molecule has 1 fully saturated rings. The van der Waals surface area contributed by atoms with Gasteiger partial charge in [-0.1, -0.05) is 20.8 Å².